The topological polar surface area (TPSA) is 128 Å². The molecule has 32 heavy (non-hydrogen) atoms. The van der Waals surface area contributed by atoms with Gasteiger partial charge in [-0.25, -0.2) is 18.7 Å². The highest BCUT2D eigenvalue weighted by Crippen LogP contribution is 2.47. The van der Waals surface area contributed by atoms with Crippen molar-refractivity contribution in [1.82, 2.24) is 24.4 Å². The fourth-order valence-corrected chi connectivity index (χ4v) is 4.02. The first-order valence-corrected chi connectivity index (χ1v) is 11.2. The quantitative estimate of drug-likeness (QED) is 0.437. The van der Waals surface area contributed by atoms with Crippen LogP contribution >= 0.6 is 7.82 Å². The predicted molar refractivity (Wildman–Crippen MR) is 116 cm³/mol. The van der Waals surface area contributed by atoms with Gasteiger partial charge in [-0.15, -0.1) is 0 Å². The molecule has 0 aromatic carbocycles. The van der Waals surface area contributed by atoms with Gasteiger partial charge in [0, 0.05) is 30.1 Å². The second kappa shape index (κ2) is 8.30. The molecule has 11 heteroatoms. The summed E-state index contributed by atoms with van der Waals surface area (Å²) in [6, 6.07) is 11.1. The molecule has 4 heterocycles. The average Bonchev–Trinajstić information content (AvgIpc) is 3.35. The molecule has 0 spiro atoms. The Morgan fingerprint density at radius 1 is 1.25 bits per heavy atom. The van der Waals surface area contributed by atoms with E-state index in [4.69, 9.17) is 9.51 Å². The van der Waals surface area contributed by atoms with Crippen molar-refractivity contribution < 1.29 is 18.5 Å². The Bertz CT molecular complexity index is 1400. The summed E-state index contributed by atoms with van der Waals surface area (Å²) in [5.74, 6) is 0.372. The van der Waals surface area contributed by atoms with E-state index in [-0.39, 0.29) is 5.69 Å². The number of aryl methyl sites for hydroxylation is 2. The lowest BCUT2D eigenvalue weighted by atomic mass is 10.1. The molecule has 0 saturated heterocycles. The predicted octanol–water partition coefficient (Wildman–Crippen LogP) is 3.89. The summed E-state index contributed by atoms with van der Waals surface area (Å²) in [5, 5.41) is 18.0. The molecule has 4 aromatic rings. The summed E-state index contributed by atoms with van der Waals surface area (Å²) in [6.45, 7) is 5.40. The van der Waals surface area contributed by atoms with E-state index >= 15 is 0 Å². The highest BCUT2D eigenvalue weighted by atomic mass is 31.2. The van der Waals surface area contributed by atoms with Crippen LogP contribution in [0, 0.1) is 25.2 Å². The zero-order chi connectivity index (χ0) is 23.0. The van der Waals surface area contributed by atoms with E-state index in [9.17, 15) is 14.7 Å². The second-order valence-electron chi connectivity index (χ2n) is 7.30. The normalized spacial score (nSPS) is 14.2. The molecule has 0 fully saturated rings. The van der Waals surface area contributed by atoms with E-state index in [2.05, 4.69) is 14.7 Å². The number of aromatic nitrogens is 5. The molecule has 164 valence electrons. The molecule has 10 nitrogen and oxygen atoms in total. The maximum atomic E-state index is 12.0. The van der Waals surface area contributed by atoms with Crippen LogP contribution in [0.15, 0.2) is 42.7 Å². The van der Waals surface area contributed by atoms with Crippen LogP contribution in [-0.2, 0) is 13.6 Å². The fourth-order valence-electron chi connectivity index (χ4n) is 3.42. The molecule has 2 atom stereocenters. The lowest BCUT2D eigenvalue weighted by molar-refractivity contribution is 0.129. The lowest BCUT2D eigenvalue weighted by Gasteiger charge is -2.19. The van der Waals surface area contributed by atoms with Crippen LogP contribution in [0.5, 0.6) is 0 Å². The van der Waals surface area contributed by atoms with Crippen molar-refractivity contribution in [2.75, 3.05) is 7.11 Å². The first-order chi connectivity index (χ1) is 15.2. The molecule has 0 bridgehead atoms. The summed E-state index contributed by atoms with van der Waals surface area (Å²) < 4.78 is 25.1. The second-order valence-corrected chi connectivity index (χ2v) is 8.81. The molecule has 0 amide bonds. The molecule has 4 rings (SSSR count). The molecule has 0 aliphatic carbocycles. The number of phosphoric acid groups is 1. The van der Waals surface area contributed by atoms with Crippen molar-refractivity contribution in [1.29, 1.82) is 5.26 Å². The Labute approximate surface area is 184 Å². The molecule has 4 aromatic heterocycles. The molecule has 2 unspecified atom stereocenters. The van der Waals surface area contributed by atoms with Gasteiger partial charge in [0.2, 0.25) is 0 Å². The van der Waals surface area contributed by atoms with Crippen molar-refractivity contribution in [2.45, 2.75) is 26.9 Å². The Morgan fingerprint density at radius 3 is 2.72 bits per heavy atom. The summed E-state index contributed by atoms with van der Waals surface area (Å²) in [4.78, 5) is 14.6. The summed E-state index contributed by atoms with van der Waals surface area (Å²) in [6.07, 6.45) is 2.80. The van der Waals surface area contributed by atoms with Crippen molar-refractivity contribution >= 4 is 13.3 Å². The average molecular weight is 452 g/mol. The zero-order valence-corrected chi connectivity index (χ0v) is 18.8. The molecule has 0 saturated carbocycles. The Morgan fingerprint density at radius 2 is 2.03 bits per heavy atom. The SMILES string of the molecule is COP(=O)(O)OC(C)c1ccc(-c2cnn3cc(C)ccc23)nc1-n1nc(C#N)cc1C. The van der Waals surface area contributed by atoms with E-state index in [1.165, 1.54) is 4.68 Å². The van der Waals surface area contributed by atoms with Gasteiger partial charge in [-0.05, 0) is 44.5 Å². The number of nitrogens with zero attached hydrogens (tertiary/aromatic N) is 6. The fraction of sp³-hybridized carbons (Fsp3) is 0.238. The highest BCUT2D eigenvalue weighted by Gasteiger charge is 2.27. The van der Waals surface area contributed by atoms with Crippen LogP contribution in [-0.4, -0.2) is 36.4 Å². The molecule has 0 radical (unpaired) electrons. The van der Waals surface area contributed by atoms with Gasteiger partial charge in [-0.3, -0.25) is 9.05 Å². The minimum absolute atomic E-state index is 0.227. The molecular formula is C21H21N6O4P. The molecular weight excluding hydrogens is 431 g/mol. The maximum absolute atomic E-state index is 12.0. The van der Waals surface area contributed by atoms with Crippen molar-refractivity contribution in [3.8, 4) is 23.1 Å². The van der Waals surface area contributed by atoms with E-state index < -0.39 is 13.9 Å². The first-order valence-electron chi connectivity index (χ1n) is 9.72. The number of fused-ring (bicyclic) bond motifs is 1. The monoisotopic (exact) mass is 452 g/mol. The molecule has 0 aliphatic heterocycles. The van der Waals surface area contributed by atoms with Gasteiger partial charge in [0.15, 0.2) is 11.5 Å². The third-order valence-electron chi connectivity index (χ3n) is 5.01. The largest absolute Gasteiger partial charge is 0.472 e. The van der Waals surface area contributed by atoms with Crippen LogP contribution in [0.3, 0.4) is 0 Å². The van der Waals surface area contributed by atoms with Gasteiger partial charge in [0.25, 0.3) is 0 Å². The van der Waals surface area contributed by atoms with E-state index in [1.54, 1.807) is 42.8 Å². The number of rotatable bonds is 6. The Balaban J connectivity index is 1.89. The summed E-state index contributed by atoms with van der Waals surface area (Å²) in [7, 11) is -3.14. The van der Waals surface area contributed by atoms with Crippen LogP contribution in [0.2, 0.25) is 0 Å². The van der Waals surface area contributed by atoms with Crippen LogP contribution < -0.4 is 0 Å². The molecule has 0 aliphatic rings. The van der Waals surface area contributed by atoms with Gasteiger partial charge in [-0.1, -0.05) is 12.1 Å². The number of pyridine rings is 2. The standard InChI is InChI=1S/C21H21N6O4P/c1-13-5-8-20-18(11-23-26(20)12-13)19-7-6-17(15(3)31-32(28,29)30-4)21(24-19)27-14(2)9-16(10-22)25-27/h5-9,11-12,15H,1-4H3,(H,28,29). The smallest absolute Gasteiger partial charge is 0.302 e. The third-order valence-corrected chi connectivity index (χ3v) is 6.05. The third kappa shape index (κ3) is 4.07. The van der Waals surface area contributed by atoms with Crippen LogP contribution in [0.25, 0.3) is 22.6 Å². The van der Waals surface area contributed by atoms with Gasteiger partial charge in [0.05, 0.1) is 23.5 Å². The molecule has 1 N–H and O–H groups in total. The maximum Gasteiger partial charge on any atom is 0.472 e. The van der Waals surface area contributed by atoms with Gasteiger partial charge in [0.1, 0.15) is 6.07 Å². The number of nitriles is 1. The van der Waals surface area contributed by atoms with Gasteiger partial charge < -0.3 is 4.89 Å². The van der Waals surface area contributed by atoms with E-state index in [0.717, 1.165) is 23.8 Å². The van der Waals surface area contributed by atoms with Crippen LogP contribution in [0.1, 0.15) is 35.5 Å². The van der Waals surface area contributed by atoms with Gasteiger partial charge in [-0.2, -0.15) is 15.5 Å². The van der Waals surface area contributed by atoms with Crippen molar-refractivity contribution in [3.05, 3.63) is 65.2 Å². The number of phosphoric ester groups is 1. The van der Waals surface area contributed by atoms with E-state index in [0.29, 0.717) is 22.8 Å². The highest BCUT2D eigenvalue weighted by molar-refractivity contribution is 7.47. The lowest BCUT2D eigenvalue weighted by Crippen LogP contribution is -2.11. The number of hydrogen-bond donors (Lipinski definition) is 1. The van der Waals surface area contributed by atoms with Crippen LogP contribution in [0.4, 0.5) is 0 Å². The van der Waals surface area contributed by atoms with Crippen molar-refractivity contribution in [3.63, 3.8) is 0 Å². The Hall–Kier alpha value is -3.35. The minimum Gasteiger partial charge on any atom is -0.302 e. The summed E-state index contributed by atoms with van der Waals surface area (Å²) >= 11 is 0. The minimum atomic E-state index is -4.24. The Kier molecular flexibility index (Phi) is 5.67. The number of hydrogen-bond acceptors (Lipinski definition) is 7. The van der Waals surface area contributed by atoms with Crippen molar-refractivity contribution in [2.24, 2.45) is 0 Å². The summed E-state index contributed by atoms with van der Waals surface area (Å²) in [5.41, 5.74) is 4.79. The zero-order valence-electron chi connectivity index (χ0n) is 17.9. The van der Waals surface area contributed by atoms with E-state index in [1.807, 2.05) is 31.3 Å². The first kappa shape index (κ1) is 21.9. The van der Waals surface area contributed by atoms with Gasteiger partial charge >= 0.3 is 7.82 Å².